The SMILES string of the molecule is O=C(CSc1n[nH]c(-c2ccccc2F)n1)Nc1ccccc1Oc1ccccc1. The van der Waals surface area contributed by atoms with Crippen molar-refractivity contribution in [2.45, 2.75) is 5.16 Å². The number of H-pyrrole nitrogens is 1. The summed E-state index contributed by atoms with van der Waals surface area (Å²) >= 11 is 1.15. The molecule has 0 aliphatic heterocycles. The highest BCUT2D eigenvalue weighted by Crippen LogP contribution is 2.29. The molecule has 3 aromatic carbocycles. The van der Waals surface area contributed by atoms with Gasteiger partial charge in [0.25, 0.3) is 0 Å². The molecule has 0 unspecified atom stereocenters. The van der Waals surface area contributed by atoms with Gasteiger partial charge in [-0.3, -0.25) is 9.89 Å². The molecule has 30 heavy (non-hydrogen) atoms. The number of anilines is 1. The predicted molar refractivity (Wildman–Crippen MR) is 114 cm³/mol. The van der Waals surface area contributed by atoms with Gasteiger partial charge in [-0.2, -0.15) is 0 Å². The Hall–Kier alpha value is -3.65. The van der Waals surface area contributed by atoms with E-state index in [1.54, 1.807) is 30.3 Å². The third kappa shape index (κ3) is 4.84. The summed E-state index contributed by atoms with van der Waals surface area (Å²) in [7, 11) is 0. The molecule has 2 N–H and O–H groups in total. The Morgan fingerprint density at radius 3 is 2.57 bits per heavy atom. The number of thioether (sulfide) groups is 1. The van der Waals surface area contributed by atoms with Gasteiger partial charge in [-0.05, 0) is 36.4 Å². The van der Waals surface area contributed by atoms with Gasteiger partial charge in [-0.25, -0.2) is 9.37 Å². The second-order valence-corrected chi connectivity index (χ2v) is 7.14. The Kier molecular flexibility index (Phi) is 6.05. The Balaban J connectivity index is 1.38. The molecule has 0 atom stereocenters. The Morgan fingerprint density at radius 1 is 1.00 bits per heavy atom. The van der Waals surface area contributed by atoms with E-state index in [9.17, 15) is 9.18 Å². The number of hydrogen-bond acceptors (Lipinski definition) is 5. The van der Waals surface area contributed by atoms with Crippen LogP contribution in [0.25, 0.3) is 11.4 Å². The fourth-order valence-corrected chi connectivity index (χ4v) is 3.27. The summed E-state index contributed by atoms with van der Waals surface area (Å²) in [4.78, 5) is 16.7. The molecule has 8 heteroatoms. The number of rotatable bonds is 7. The quantitative estimate of drug-likeness (QED) is 0.405. The van der Waals surface area contributed by atoms with Gasteiger partial charge in [-0.15, -0.1) is 5.10 Å². The highest BCUT2D eigenvalue weighted by atomic mass is 32.2. The van der Waals surface area contributed by atoms with Crippen molar-refractivity contribution in [1.29, 1.82) is 0 Å². The first-order valence-corrected chi connectivity index (χ1v) is 10.1. The standard InChI is InChI=1S/C22H17FN4O2S/c23-17-11-5-4-10-16(17)21-25-22(27-26-21)30-14-20(28)24-18-12-6-7-13-19(18)29-15-8-2-1-3-9-15/h1-13H,14H2,(H,24,28)(H,25,26,27). The normalized spacial score (nSPS) is 10.6. The van der Waals surface area contributed by atoms with Crippen LogP contribution in [0.2, 0.25) is 0 Å². The minimum Gasteiger partial charge on any atom is -0.455 e. The molecule has 4 rings (SSSR count). The number of carbonyl (C=O) groups excluding carboxylic acids is 1. The van der Waals surface area contributed by atoms with Crippen molar-refractivity contribution >= 4 is 23.4 Å². The molecule has 4 aromatic rings. The number of benzene rings is 3. The summed E-state index contributed by atoms with van der Waals surface area (Å²) in [5, 5.41) is 9.94. The van der Waals surface area contributed by atoms with E-state index in [2.05, 4.69) is 20.5 Å². The van der Waals surface area contributed by atoms with Gasteiger partial charge in [0.05, 0.1) is 17.0 Å². The third-order valence-electron chi connectivity index (χ3n) is 4.06. The second-order valence-electron chi connectivity index (χ2n) is 6.19. The molecule has 0 bridgehead atoms. The van der Waals surface area contributed by atoms with Crippen LogP contribution in [0.5, 0.6) is 11.5 Å². The van der Waals surface area contributed by atoms with Crippen molar-refractivity contribution in [3.05, 3.63) is 84.7 Å². The zero-order valence-electron chi connectivity index (χ0n) is 15.7. The van der Waals surface area contributed by atoms with Crippen LogP contribution in [-0.4, -0.2) is 26.8 Å². The van der Waals surface area contributed by atoms with Crippen LogP contribution in [0.15, 0.2) is 84.0 Å². The fourth-order valence-electron chi connectivity index (χ4n) is 2.68. The lowest BCUT2D eigenvalue weighted by Crippen LogP contribution is -2.14. The van der Waals surface area contributed by atoms with E-state index in [0.717, 1.165) is 11.8 Å². The van der Waals surface area contributed by atoms with E-state index in [1.807, 2.05) is 42.5 Å². The molecule has 6 nitrogen and oxygen atoms in total. The molecule has 0 radical (unpaired) electrons. The number of para-hydroxylation sites is 3. The maximum Gasteiger partial charge on any atom is 0.234 e. The summed E-state index contributed by atoms with van der Waals surface area (Å²) in [6.07, 6.45) is 0. The molecule has 0 fully saturated rings. The number of halogens is 1. The lowest BCUT2D eigenvalue weighted by atomic mass is 10.2. The molecule has 1 heterocycles. The van der Waals surface area contributed by atoms with Crippen molar-refractivity contribution in [2.24, 2.45) is 0 Å². The topological polar surface area (TPSA) is 79.9 Å². The molecular formula is C22H17FN4O2S. The summed E-state index contributed by atoms with van der Waals surface area (Å²) in [6.45, 7) is 0. The van der Waals surface area contributed by atoms with Crippen molar-refractivity contribution in [3.8, 4) is 22.9 Å². The number of hydrogen-bond donors (Lipinski definition) is 2. The maximum atomic E-state index is 13.9. The number of nitrogens with one attached hydrogen (secondary N) is 2. The molecular weight excluding hydrogens is 403 g/mol. The van der Waals surface area contributed by atoms with Gasteiger partial charge in [0, 0.05) is 0 Å². The number of aromatic nitrogens is 3. The van der Waals surface area contributed by atoms with Crippen molar-refractivity contribution in [3.63, 3.8) is 0 Å². The molecule has 1 amide bonds. The number of amides is 1. The van der Waals surface area contributed by atoms with E-state index >= 15 is 0 Å². The lowest BCUT2D eigenvalue weighted by Gasteiger charge is -2.11. The first kappa shape index (κ1) is 19.7. The smallest absolute Gasteiger partial charge is 0.234 e. The highest BCUT2D eigenvalue weighted by Gasteiger charge is 2.13. The molecule has 0 saturated heterocycles. The number of carbonyl (C=O) groups is 1. The summed E-state index contributed by atoms with van der Waals surface area (Å²) in [6, 6.07) is 22.8. The van der Waals surface area contributed by atoms with Crippen LogP contribution in [0.1, 0.15) is 0 Å². The third-order valence-corrected chi connectivity index (χ3v) is 4.91. The minimum atomic E-state index is -0.391. The van der Waals surface area contributed by atoms with Crippen molar-refractivity contribution in [1.82, 2.24) is 15.2 Å². The van der Waals surface area contributed by atoms with Crippen LogP contribution >= 0.6 is 11.8 Å². The maximum absolute atomic E-state index is 13.9. The largest absolute Gasteiger partial charge is 0.455 e. The van der Waals surface area contributed by atoms with E-state index in [0.29, 0.717) is 33.7 Å². The average Bonchev–Trinajstić information content (AvgIpc) is 3.24. The van der Waals surface area contributed by atoms with Crippen LogP contribution < -0.4 is 10.1 Å². The zero-order valence-corrected chi connectivity index (χ0v) is 16.5. The van der Waals surface area contributed by atoms with E-state index < -0.39 is 5.82 Å². The molecule has 0 saturated carbocycles. The van der Waals surface area contributed by atoms with E-state index in [1.165, 1.54) is 6.07 Å². The number of ether oxygens (including phenoxy) is 1. The number of aromatic amines is 1. The van der Waals surface area contributed by atoms with E-state index in [4.69, 9.17) is 4.74 Å². The number of nitrogens with zero attached hydrogens (tertiary/aromatic N) is 2. The Labute approximate surface area is 176 Å². The van der Waals surface area contributed by atoms with Gasteiger partial charge >= 0.3 is 0 Å². The van der Waals surface area contributed by atoms with Gasteiger partial charge in [0.2, 0.25) is 11.1 Å². The van der Waals surface area contributed by atoms with Gasteiger partial charge < -0.3 is 10.1 Å². The highest BCUT2D eigenvalue weighted by molar-refractivity contribution is 7.99. The zero-order chi connectivity index (χ0) is 20.8. The predicted octanol–water partition coefficient (Wildman–Crippen LogP) is 5.13. The molecule has 150 valence electrons. The monoisotopic (exact) mass is 420 g/mol. The second kappa shape index (κ2) is 9.23. The molecule has 0 aliphatic rings. The first-order chi connectivity index (χ1) is 14.7. The van der Waals surface area contributed by atoms with Crippen LogP contribution in [-0.2, 0) is 4.79 Å². The van der Waals surface area contributed by atoms with Gasteiger partial charge in [-0.1, -0.05) is 54.2 Å². The van der Waals surface area contributed by atoms with E-state index in [-0.39, 0.29) is 11.7 Å². The lowest BCUT2D eigenvalue weighted by molar-refractivity contribution is -0.113. The molecule has 1 aromatic heterocycles. The first-order valence-electron chi connectivity index (χ1n) is 9.11. The van der Waals surface area contributed by atoms with Gasteiger partial charge in [0.1, 0.15) is 11.6 Å². The summed E-state index contributed by atoms with van der Waals surface area (Å²) in [5.74, 6) is 1.00. The van der Waals surface area contributed by atoms with Crippen LogP contribution in [0.3, 0.4) is 0 Å². The average molecular weight is 420 g/mol. The Morgan fingerprint density at radius 2 is 1.73 bits per heavy atom. The summed E-state index contributed by atoms with van der Waals surface area (Å²) in [5.41, 5.74) is 0.891. The van der Waals surface area contributed by atoms with Gasteiger partial charge in [0.15, 0.2) is 11.6 Å². The van der Waals surface area contributed by atoms with Crippen molar-refractivity contribution < 1.29 is 13.9 Å². The fraction of sp³-hybridized carbons (Fsp3) is 0.0455. The van der Waals surface area contributed by atoms with Crippen molar-refractivity contribution in [2.75, 3.05) is 11.1 Å². The molecule has 0 spiro atoms. The minimum absolute atomic E-state index is 0.0915. The van der Waals surface area contributed by atoms with Crippen LogP contribution in [0, 0.1) is 5.82 Å². The van der Waals surface area contributed by atoms with Crippen LogP contribution in [0.4, 0.5) is 10.1 Å². The molecule has 0 aliphatic carbocycles. The Bertz CT molecular complexity index is 1150. The summed E-state index contributed by atoms with van der Waals surface area (Å²) < 4.78 is 19.7.